The Bertz CT molecular complexity index is 2090. The summed E-state index contributed by atoms with van der Waals surface area (Å²) in [5, 5.41) is 7.72. The van der Waals surface area contributed by atoms with E-state index in [-0.39, 0.29) is 0 Å². The number of rotatable bonds is 4. The van der Waals surface area contributed by atoms with Gasteiger partial charge in [0, 0.05) is 56.9 Å². The van der Waals surface area contributed by atoms with E-state index >= 15 is 0 Å². The Morgan fingerprint density at radius 1 is 0.561 bits per heavy atom. The summed E-state index contributed by atoms with van der Waals surface area (Å²) in [4.78, 5) is 2.46. The third kappa shape index (κ3) is 3.72. The van der Waals surface area contributed by atoms with Crippen LogP contribution in [0, 0.1) is 0 Å². The number of para-hydroxylation sites is 2. The smallest absolute Gasteiger partial charge is 0.0618 e. The van der Waals surface area contributed by atoms with Crippen LogP contribution in [0.4, 0.5) is 17.1 Å². The maximum absolute atomic E-state index is 2.46. The van der Waals surface area contributed by atoms with Crippen molar-refractivity contribution < 1.29 is 0 Å². The van der Waals surface area contributed by atoms with E-state index in [1.165, 1.54) is 54.6 Å². The number of anilines is 3. The zero-order chi connectivity index (χ0) is 27.3. The normalized spacial score (nSPS) is 14.9. The number of allylic oxidation sites excluding steroid dienone is 4. The Morgan fingerprint density at radius 3 is 1.85 bits per heavy atom. The van der Waals surface area contributed by atoms with Crippen LogP contribution in [0.15, 0.2) is 146 Å². The molecule has 6 aromatic carbocycles. The fourth-order valence-electron chi connectivity index (χ4n) is 6.85. The monoisotopic (exact) mass is 526 g/mol. The van der Waals surface area contributed by atoms with Crippen LogP contribution in [0.3, 0.4) is 0 Å². The summed E-state index contributed by atoms with van der Waals surface area (Å²) in [5.41, 5.74) is 7.43. The van der Waals surface area contributed by atoms with Crippen molar-refractivity contribution in [2.75, 3.05) is 4.90 Å². The van der Waals surface area contributed by atoms with Crippen LogP contribution < -0.4 is 4.90 Å². The highest BCUT2D eigenvalue weighted by atomic mass is 15.1. The molecule has 41 heavy (non-hydrogen) atoms. The molecule has 2 heteroatoms. The zero-order valence-electron chi connectivity index (χ0n) is 23.0. The Hall–Kier alpha value is -5.08. The molecule has 0 bridgehead atoms. The number of hydrogen-bond donors (Lipinski definition) is 0. The van der Waals surface area contributed by atoms with Crippen LogP contribution in [-0.2, 0) is 7.05 Å². The highest BCUT2D eigenvalue weighted by molar-refractivity contribution is 6.17. The maximum atomic E-state index is 2.46. The molecule has 0 saturated carbocycles. The molecule has 2 nitrogen and oxygen atoms in total. The Labute approximate surface area is 240 Å². The summed E-state index contributed by atoms with van der Waals surface area (Å²) in [6.07, 6.45) is 10.0. The van der Waals surface area contributed by atoms with Gasteiger partial charge in [0.25, 0.3) is 0 Å². The third-order valence-corrected chi connectivity index (χ3v) is 8.69. The number of aryl methyl sites for hydroxylation is 1. The number of hydrogen-bond acceptors (Lipinski definition) is 1. The van der Waals surface area contributed by atoms with Crippen molar-refractivity contribution >= 4 is 60.4 Å². The van der Waals surface area contributed by atoms with Gasteiger partial charge in [-0.1, -0.05) is 109 Å². The van der Waals surface area contributed by atoms with E-state index in [1.807, 2.05) is 0 Å². The minimum absolute atomic E-state index is 0.348. The molecule has 8 rings (SSSR count). The number of benzene rings is 6. The molecule has 196 valence electrons. The molecule has 1 atom stereocenters. The fourth-order valence-corrected chi connectivity index (χ4v) is 6.85. The molecule has 7 aromatic rings. The van der Waals surface area contributed by atoms with E-state index in [0.717, 1.165) is 17.8 Å². The van der Waals surface area contributed by atoms with Crippen molar-refractivity contribution in [1.29, 1.82) is 0 Å². The molecule has 1 unspecified atom stereocenters. The highest BCUT2D eigenvalue weighted by Crippen LogP contribution is 2.48. The van der Waals surface area contributed by atoms with Gasteiger partial charge in [-0.15, -0.1) is 0 Å². The summed E-state index contributed by atoms with van der Waals surface area (Å²) in [6.45, 7) is 0. The van der Waals surface area contributed by atoms with Gasteiger partial charge >= 0.3 is 0 Å². The molecule has 0 aliphatic heterocycles. The number of fused-ring (bicyclic) bond motifs is 5. The van der Waals surface area contributed by atoms with E-state index in [2.05, 4.69) is 162 Å². The van der Waals surface area contributed by atoms with Crippen LogP contribution in [0.25, 0.3) is 43.4 Å². The second-order valence-corrected chi connectivity index (χ2v) is 11.0. The van der Waals surface area contributed by atoms with Crippen molar-refractivity contribution in [2.45, 2.75) is 12.3 Å². The average molecular weight is 527 g/mol. The van der Waals surface area contributed by atoms with Gasteiger partial charge in [-0.25, -0.2) is 0 Å². The van der Waals surface area contributed by atoms with Gasteiger partial charge in [-0.05, 0) is 59.2 Å². The predicted molar refractivity (Wildman–Crippen MR) is 176 cm³/mol. The average Bonchev–Trinajstić information content (AvgIpc) is 3.33. The van der Waals surface area contributed by atoms with E-state index in [9.17, 15) is 0 Å². The van der Waals surface area contributed by atoms with Gasteiger partial charge in [0.2, 0.25) is 0 Å². The Kier molecular flexibility index (Phi) is 5.53. The molecular formula is C39H30N2. The minimum atomic E-state index is 0.348. The first kappa shape index (κ1) is 23.8. The predicted octanol–water partition coefficient (Wildman–Crippen LogP) is 10.7. The van der Waals surface area contributed by atoms with E-state index < -0.39 is 0 Å². The van der Waals surface area contributed by atoms with Crippen LogP contribution in [-0.4, -0.2) is 4.57 Å². The van der Waals surface area contributed by atoms with Gasteiger partial charge in [0.05, 0.1) is 5.69 Å². The lowest BCUT2D eigenvalue weighted by Crippen LogP contribution is -2.12. The van der Waals surface area contributed by atoms with Crippen molar-refractivity contribution in [3.05, 3.63) is 151 Å². The van der Waals surface area contributed by atoms with Gasteiger partial charge in [-0.3, -0.25) is 0 Å². The summed E-state index contributed by atoms with van der Waals surface area (Å²) in [7, 11) is 2.16. The quantitative estimate of drug-likeness (QED) is 0.207. The summed E-state index contributed by atoms with van der Waals surface area (Å²) >= 11 is 0. The first-order chi connectivity index (χ1) is 20.3. The SMILES string of the molecule is Cn1c2ccccc2c2cc(N(c3ccccc3)c3c4ccccc4c(C4C=CC=CC4)c4ccccc34)ccc21. The molecule has 0 spiro atoms. The molecule has 0 radical (unpaired) electrons. The van der Waals surface area contributed by atoms with Crippen molar-refractivity contribution in [1.82, 2.24) is 4.57 Å². The standard InChI is InChI=1S/C39H30N2/c1-40-36-23-13-12-18-30(36)35-26-29(24-25-37(35)40)41(28-16-6-3-7-17-28)39-33-21-10-8-19-31(33)38(27-14-4-2-5-15-27)32-20-9-11-22-34(32)39/h2-14,16-27H,15H2,1H3. The minimum Gasteiger partial charge on any atom is -0.344 e. The lowest BCUT2D eigenvalue weighted by molar-refractivity contribution is 0.870. The maximum Gasteiger partial charge on any atom is 0.0618 e. The van der Waals surface area contributed by atoms with Crippen molar-refractivity contribution in [2.24, 2.45) is 7.05 Å². The lowest BCUT2D eigenvalue weighted by atomic mass is 9.84. The van der Waals surface area contributed by atoms with Gasteiger partial charge in [-0.2, -0.15) is 0 Å². The second kappa shape index (κ2) is 9.53. The summed E-state index contributed by atoms with van der Waals surface area (Å²) < 4.78 is 2.30. The molecule has 1 heterocycles. The lowest BCUT2D eigenvalue weighted by Gasteiger charge is -2.30. The van der Waals surface area contributed by atoms with Crippen molar-refractivity contribution in [3.8, 4) is 0 Å². The van der Waals surface area contributed by atoms with Crippen molar-refractivity contribution in [3.63, 3.8) is 0 Å². The summed E-state index contributed by atoms with van der Waals surface area (Å²) in [5.74, 6) is 0.348. The first-order valence-corrected chi connectivity index (χ1v) is 14.4. The van der Waals surface area contributed by atoms with Crippen LogP contribution in [0.5, 0.6) is 0 Å². The van der Waals surface area contributed by atoms with Crippen LogP contribution >= 0.6 is 0 Å². The molecule has 1 aliphatic carbocycles. The molecule has 0 N–H and O–H groups in total. The fraction of sp³-hybridized carbons (Fsp3) is 0.0769. The van der Waals surface area contributed by atoms with E-state index in [1.54, 1.807) is 0 Å². The molecule has 1 aromatic heterocycles. The number of nitrogens with zero attached hydrogens (tertiary/aromatic N) is 2. The van der Waals surface area contributed by atoms with Gasteiger partial charge < -0.3 is 9.47 Å². The Morgan fingerprint density at radius 2 is 1.17 bits per heavy atom. The molecule has 0 saturated heterocycles. The number of aromatic nitrogens is 1. The summed E-state index contributed by atoms with van der Waals surface area (Å²) in [6, 6.07) is 44.4. The van der Waals surface area contributed by atoms with Crippen LogP contribution in [0.1, 0.15) is 17.9 Å². The molecule has 0 amide bonds. The van der Waals surface area contributed by atoms with E-state index in [4.69, 9.17) is 0 Å². The van der Waals surface area contributed by atoms with Gasteiger partial charge in [0.1, 0.15) is 0 Å². The molecule has 1 aliphatic rings. The molecule has 0 fully saturated rings. The third-order valence-electron chi connectivity index (χ3n) is 8.69. The topological polar surface area (TPSA) is 8.17 Å². The first-order valence-electron chi connectivity index (χ1n) is 14.4. The molecular weight excluding hydrogens is 496 g/mol. The van der Waals surface area contributed by atoms with Gasteiger partial charge in [0.15, 0.2) is 0 Å². The van der Waals surface area contributed by atoms with E-state index in [0.29, 0.717) is 5.92 Å². The highest BCUT2D eigenvalue weighted by Gasteiger charge is 2.24. The zero-order valence-corrected chi connectivity index (χ0v) is 23.0. The Balaban J connectivity index is 1.48. The largest absolute Gasteiger partial charge is 0.344 e. The second-order valence-electron chi connectivity index (χ2n) is 11.0. The van der Waals surface area contributed by atoms with Crippen LogP contribution in [0.2, 0.25) is 0 Å².